The van der Waals surface area contributed by atoms with Crippen LogP contribution in [0.3, 0.4) is 0 Å². The van der Waals surface area contributed by atoms with Crippen molar-refractivity contribution < 1.29 is 9.53 Å². The van der Waals surface area contributed by atoms with E-state index in [1.807, 2.05) is 18.2 Å². The van der Waals surface area contributed by atoms with Crippen molar-refractivity contribution >= 4 is 11.9 Å². The molecule has 0 aromatic carbocycles. The highest BCUT2D eigenvalue weighted by Gasteiger charge is 2.28. The zero-order valence-corrected chi connectivity index (χ0v) is 16.4. The molecule has 2 fully saturated rings. The third-order valence-electron chi connectivity index (χ3n) is 5.17. The van der Waals surface area contributed by atoms with E-state index in [2.05, 4.69) is 20.2 Å². The average molecular weight is 374 g/mol. The van der Waals surface area contributed by atoms with E-state index in [0.717, 1.165) is 25.5 Å². The molecule has 27 heavy (non-hydrogen) atoms. The highest BCUT2D eigenvalue weighted by Crippen LogP contribution is 2.20. The van der Waals surface area contributed by atoms with Crippen LogP contribution in [0.4, 0.5) is 0 Å². The molecule has 3 rings (SSSR count). The van der Waals surface area contributed by atoms with Crippen LogP contribution in [0.1, 0.15) is 38.5 Å². The maximum absolute atomic E-state index is 12.0. The highest BCUT2D eigenvalue weighted by atomic mass is 16.5. The number of carbonyl (C=O) groups is 1. The lowest BCUT2D eigenvalue weighted by Crippen LogP contribution is -2.46. The number of guanidine groups is 1. The quantitative estimate of drug-likeness (QED) is 0.631. The van der Waals surface area contributed by atoms with Crippen molar-refractivity contribution in [1.29, 1.82) is 0 Å². The second-order valence-electron chi connectivity index (χ2n) is 7.55. The summed E-state index contributed by atoms with van der Waals surface area (Å²) < 4.78 is 6.00. The van der Waals surface area contributed by atoms with Gasteiger partial charge < -0.3 is 19.9 Å². The second kappa shape index (κ2) is 9.58. The first-order valence-electron chi connectivity index (χ1n) is 9.95. The maximum atomic E-state index is 12.0. The van der Waals surface area contributed by atoms with Crippen LogP contribution >= 0.6 is 0 Å². The Balaban J connectivity index is 1.62. The van der Waals surface area contributed by atoms with E-state index in [0.29, 0.717) is 11.9 Å². The number of likely N-dealkylation sites (N-methyl/N-ethyl adjacent to an activating group) is 1. The van der Waals surface area contributed by atoms with Crippen LogP contribution in [0.25, 0.3) is 0 Å². The molecule has 1 atom stereocenters. The number of nitrogens with one attached hydrogen (secondary N) is 1. The molecule has 0 spiro atoms. The predicted molar refractivity (Wildman–Crippen MR) is 106 cm³/mol. The van der Waals surface area contributed by atoms with Gasteiger partial charge in [0.2, 0.25) is 11.8 Å². The van der Waals surface area contributed by atoms with Crippen LogP contribution < -0.4 is 10.1 Å². The summed E-state index contributed by atoms with van der Waals surface area (Å²) in [5, 5.41) is 3.61. The molecule has 0 bridgehead atoms. The Bertz CT molecular complexity index is 629. The number of ether oxygens (including phenoxy) is 1. The molecule has 1 amide bonds. The van der Waals surface area contributed by atoms with E-state index in [1.54, 1.807) is 25.2 Å². The Morgan fingerprint density at radius 2 is 2.11 bits per heavy atom. The monoisotopic (exact) mass is 373 g/mol. The molecule has 1 aliphatic heterocycles. The summed E-state index contributed by atoms with van der Waals surface area (Å²) in [5.74, 6) is 1.51. The van der Waals surface area contributed by atoms with Gasteiger partial charge in [0.1, 0.15) is 12.6 Å². The number of pyridine rings is 1. The molecule has 1 saturated heterocycles. The minimum Gasteiger partial charge on any atom is -0.472 e. The van der Waals surface area contributed by atoms with E-state index < -0.39 is 0 Å². The lowest BCUT2D eigenvalue weighted by atomic mass is 9.96. The minimum absolute atomic E-state index is 0.0124. The molecule has 148 valence electrons. The topological polar surface area (TPSA) is 70.1 Å². The summed E-state index contributed by atoms with van der Waals surface area (Å²) in [7, 11) is 3.53. The average Bonchev–Trinajstić information content (AvgIpc) is 3.14. The van der Waals surface area contributed by atoms with Crippen molar-refractivity contribution in [3.63, 3.8) is 0 Å². The number of hydrogen-bond acceptors (Lipinski definition) is 4. The molecule has 1 aromatic rings. The summed E-state index contributed by atoms with van der Waals surface area (Å²) in [6.07, 6.45) is 8.91. The van der Waals surface area contributed by atoms with Gasteiger partial charge in [0.15, 0.2) is 5.96 Å². The van der Waals surface area contributed by atoms with E-state index in [-0.39, 0.29) is 18.6 Å². The Labute approximate surface area is 161 Å². The number of rotatable bonds is 5. The molecule has 0 radical (unpaired) electrons. The fourth-order valence-corrected chi connectivity index (χ4v) is 3.55. The Hall–Kier alpha value is -2.31. The minimum atomic E-state index is 0.0124. The molecule has 1 N–H and O–H groups in total. The van der Waals surface area contributed by atoms with Gasteiger partial charge in [0, 0.05) is 45.4 Å². The van der Waals surface area contributed by atoms with Crippen LogP contribution in [0, 0.1) is 0 Å². The van der Waals surface area contributed by atoms with E-state index in [1.165, 1.54) is 32.1 Å². The molecular weight excluding hydrogens is 342 g/mol. The van der Waals surface area contributed by atoms with Crippen molar-refractivity contribution in [2.75, 3.05) is 33.7 Å². The Morgan fingerprint density at radius 1 is 1.30 bits per heavy atom. The number of amides is 1. The number of likely N-dealkylation sites (tertiary alicyclic amines) is 1. The molecule has 2 heterocycles. The third kappa shape index (κ3) is 5.84. The number of carbonyl (C=O) groups excluding carboxylic acids is 1. The van der Waals surface area contributed by atoms with Gasteiger partial charge in [-0.3, -0.25) is 4.79 Å². The first-order chi connectivity index (χ1) is 13.1. The molecule has 7 nitrogen and oxygen atoms in total. The first-order valence-corrected chi connectivity index (χ1v) is 9.95. The van der Waals surface area contributed by atoms with Crippen LogP contribution in [-0.4, -0.2) is 72.5 Å². The van der Waals surface area contributed by atoms with E-state index >= 15 is 0 Å². The van der Waals surface area contributed by atoms with Crippen molar-refractivity contribution in [1.82, 2.24) is 20.1 Å². The number of aromatic nitrogens is 1. The molecule has 1 unspecified atom stereocenters. The smallest absolute Gasteiger partial charge is 0.243 e. The zero-order valence-electron chi connectivity index (χ0n) is 16.4. The van der Waals surface area contributed by atoms with Crippen LogP contribution in [-0.2, 0) is 4.79 Å². The normalized spacial score (nSPS) is 21.2. The van der Waals surface area contributed by atoms with Crippen LogP contribution in [0.15, 0.2) is 29.4 Å². The summed E-state index contributed by atoms with van der Waals surface area (Å²) in [6.45, 7) is 1.79. The standard InChI is InChI=1S/C20H31N5O2/c1-24(2)19(26)14-22-20(23-16-8-4-3-5-9-16)25-13-11-17(15-25)27-18-10-6-7-12-21-18/h6-7,10,12,16-17H,3-5,8-9,11,13-15H2,1-2H3,(H,22,23). The van der Waals surface area contributed by atoms with Gasteiger partial charge in [0.05, 0.1) is 6.54 Å². The van der Waals surface area contributed by atoms with Crippen molar-refractivity contribution in [3.8, 4) is 5.88 Å². The summed E-state index contributed by atoms with van der Waals surface area (Å²) in [6, 6.07) is 6.14. The zero-order chi connectivity index (χ0) is 19.1. The lowest BCUT2D eigenvalue weighted by molar-refractivity contribution is -0.127. The predicted octanol–water partition coefficient (Wildman–Crippen LogP) is 1.90. The fraction of sp³-hybridized carbons (Fsp3) is 0.650. The van der Waals surface area contributed by atoms with Crippen LogP contribution in [0.5, 0.6) is 5.88 Å². The molecule has 7 heteroatoms. The highest BCUT2D eigenvalue weighted by molar-refractivity contribution is 5.85. The van der Waals surface area contributed by atoms with Gasteiger partial charge in [-0.25, -0.2) is 9.98 Å². The number of hydrogen-bond donors (Lipinski definition) is 1. The Kier molecular flexibility index (Phi) is 6.90. The molecule has 1 aromatic heterocycles. The van der Waals surface area contributed by atoms with Crippen molar-refractivity contribution in [2.24, 2.45) is 4.99 Å². The summed E-state index contributed by atoms with van der Waals surface area (Å²) >= 11 is 0. The largest absolute Gasteiger partial charge is 0.472 e. The van der Waals surface area contributed by atoms with Gasteiger partial charge in [0.25, 0.3) is 0 Å². The van der Waals surface area contributed by atoms with Gasteiger partial charge in [-0.2, -0.15) is 0 Å². The van der Waals surface area contributed by atoms with Crippen molar-refractivity contribution in [2.45, 2.75) is 50.7 Å². The van der Waals surface area contributed by atoms with Gasteiger partial charge in [-0.15, -0.1) is 0 Å². The number of nitrogens with zero attached hydrogens (tertiary/aromatic N) is 4. The number of aliphatic imine (C=N–C) groups is 1. The third-order valence-corrected chi connectivity index (χ3v) is 5.17. The van der Waals surface area contributed by atoms with E-state index in [4.69, 9.17) is 4.74 Å². The van der Waals surface area contributed by atoms with Crippen molar-refractivity contribution in [3.05, 3.63) is 24.4 Å². The summed E-state index contributed by atoms with van der Waals surface area (Å²) in [4.78, 5) is 24.7. The van der Waals surface area contributed by atoms with Gasteiger partial charge >= 0.3 is 0 Å². The Morgan fingerprint density at radius 3 is 2.81 bits per heavy atom. The van der Waals surface area contributed by atoms with Gasteiger partial charge in [-0.1, -0.05) is 25.3 Å². The van der Waals surface area contributed by atoms with E-state index in [9.17, 15) is 4.79 Å². The summed E-state index contributed by atoms with van der Waals surface area (Å²) in [5.41, 5.74) is 0. The molecule has 2 aliphatic rings. The lowest BCUT2D eigenvalue weighted by Gasteiger charge is -2.29. The molecule has 1 saturated carbocycles. The SMILES string of the molecule is CN(C)C(=O)CN=C(NC1CCCCC1)N1CCC(Oc2ccccn2)C1. The maximum Gasteiger partial charge on any atom is 0.243 e. The van der Waals surface area contributed by atoms with Gasteiger partial charge in [-0.05, 0) is 18.9 Å². The van der Waals surface area contributed by atoms with Crippen LogP contribution in [0.2, 0.25) is 0 Å². The molecule has 1 aliphatic carbocycles. The second-order valence-corrected chi connectivity index (χ2v) is 7.55. The molecular formula is C20H31N5O2. The first kappa shape index (κ1) is 19.5. The fourth-order valence-electron chi connectivity index (χ4n) is 3.55.